The molecule has 1 saturated carbocycles. The molecule has 1 saturated heterocycles. The number of piperazine rings is 1. The van der Waals surface area contributed by atoms with Gasteiger partial charge in [0.05, 0.1) is 11.7 Å². The quantitative estimate of drug-likeness (QED) is 0.497. The molecule has 0 N–H and O–H groups in total. The van der Waals surface area contributed by atoms with Gasteiger partial charge in [0.25, 0.3) is 11.8 Å². The number of imide groups is 1. The van der Waals surface area contributed by atoms with Gasteiger partial charge in [0.2, 0.25) is 0 Å². The molecule has 2 amide bonds. The molecule has 32 heavy (non-hydrogen) atoms. The van der Waals surface area contributed by atoms with Gasteiger partial charge >= 0.3 is 0 Å². The SMILES string of the molecule is CCN1CCN(C2=C(c3ccc(OC(C)C)cc3)C(=O)N(C3CCCCCC3)C2=O)CC1. The number of likely N-dealkylation sites (N-methyl/N-ethyl adjacent to an activating group) is 1. The number of hydrogen-bond acceptors (Lipinski definition) is 5. The summed E-state index contributed by atoms with van der Waals surface area (Å²) in [6.45, 7) is 10.6. The number of hydrogen-bond donors (Lipinski definition) is 0. The predicted molar refractivity (Wildman–Crippen MR) is 126 cm³/mol. The Kier molecular flexibility index (Phi) is 7.19. The van der Waals surface area contributed by atoms with Crippen LogP contribution in [-0.2, 0) is 9.59 Å². The van der Waals surface area contributed by atoms with Gasteiger partial charge in [-0.05, 0) is 50.9 Å². The molecule has 0 bridgehead atoms. The highest BCUT2D eigenvalue weighted by atomic mass is 16.5. The van der Waals surface area contributed by atoms with E-state index in [1.54, 1.807) is 4.90 Å². The molecule has 0 spiro atoms. The maximum atomic E-state index is 13.7. The minimum absolute atomic E-state index is 0.0190. The van der Waals surface area contributed by atoms with Gasteiger partial charge in [0, 0.05) is 32.2 Å². The van der Waals surface area contributed by atoms with Crippen LogP contribution in [-0.4, -0.2) is 71.4 Å². The minimum atomic E-state index is -0.118. The zero-order valence-electron chi connectivity index (χ0n) is 19.8. The lowest BCUT2D eigenvalue weighted by atomic mass is 10.0. The van der Waals surface area contributed by atoms with Gasteiger partial charge in [0.15, 0.2) is 0 Å². The Balaban J connectivity index is 1.67. The first kappa shape index (κ1) is 22.8. The van der Waals surface area contributed by atoms with E-state index >= 15 is 0 Å². The molecule has 2 heterocycles. The van der Waals surface area contributed by atoms with Gasteiger partial charge in [-0.3, -0.25) is 14.5 Å². The van der Waals surface area contributed by atoms with Crippen LogP contribution in [0.5, 0.6) is 5.75 Å². The van der Waals surface area contributed by atoms with Gasteiger partial charge in [-0.15, -0.1) is 0 Å². The molecule has 0 atom stereocenters. The van der Waals surface area contributed by atoms with Crippen LogP contribution < -0.4 is 4.74 Å². The second kappa shape index (κ2) is 10.1. The van der Waals surface area contributed by atoms with Crippen LogP contribution >= 0.6 is 0 Å². The molecule has 6 nitrogen and oxygen atoms in total. The Bertz CT molecular complexity index is 846. The lowest BCUT2D eigenvalue weighted by Gasteiger charge is -2.36. The van der Waals surface area contributed by atoms with Crippen LogP contribution in [0.25, 0.3) is 5.57 Å². The molecule has 2 fully saturated rings. The molecule has 6 heteroatoms. The highest BCUT2D eigenvalue weighted by Gasteiger charge is 2.45. The van der Waals surface area contributed by atoms with Crippen molar-refractivity contribution in [3.8, 4) is 5.75 Å². The molecule has 3 aliphatic rings. The number of rotatable bonds is 6. The summed E-state index contributed by atoms with van der Waals surface area (Å²) in [5.41, 5.74) is 1.98. The normalized spacial score (nSPS) is 21.6. The van der Waals surface area contributed by atoms with Crippen LogP contribution in [0.15, 0.2) is 30.0 Å². The molecule has 2 aliphatic heterocycles. The highest BCUT2D eigenvalue weighted by molar-refractivity contribution is 6.35. The number of carbonyl (C=O) groups excluding carboxylic acids is 2. The summed E-state index contributed by atoms with van der Waals surface area (Å²) >= 11 is 0. The first-order valence-electron chi connectivity index (χ1n) is 12.4. The molecule has 1 aromatic rings. The van der Waals surface area contributed by atoms with Crippen molar-refractivity contribution in [2.24, 2.45) is 0 Å². The molecule has 4 rings (SSSR count). The van der Waals surface area contributed by atoms with Crippen molar-refractivity contribution in [3.63, 3.8) is 0 Å². The molecule has 1 aromatic carbocycles. The van der Waals surface area contributed by atoms with E-state index in [2.05, 4.69) is 16.7 Å². The zero-order valence-corrected chi connectivity index (χ0v) is 19.8. The van der Waals surface area contributed by atoms with Gasteiger partial charge in [-0.25, -0.2) is 0 Å². The van der Waals surface area contributed by atoms with E-state index in [4.69, 9.17) is 4.74 Å². The van der Waals surface area contributed by atoms with E-state index in [9.17, 15) is 9.59 Å². The van der Waals surface area contributed by atoms with E-state index in [-0.39, 0.29) is 24.0 Å². The minimum Gasteiger partial charge on any atom is -0.491 e. The first-order valence-corrected chi connectivity index (χ1v) is 12.4. The van der Waals surface area contributed by atoms with Gasteiger partial charge in [-0.1, -0.05) is 44.7 Å². The van der Waals surface area contributed by atoms with Crippen molar-refractivity contribution in [2.45, 2.75) is 71.4 Å². The third-order valence-corrected chi connectivity index (χ3v) is 6.93. The molecular formula is C26H37N3O3. The molecule has 174 valence electrons. The second-order valence-electron chi connectivity index (χ2n) is 9.46. The summed E-state index contributed by atoms with van der Waals surface area (Å²) in [5.74, 6) is 0.566. The van der Waals surface area contributed by atoms with Crippen LogP contribution in [0.4, 0.5) is 0 Å². The van der Waals surface area contributed by atoms with Crippen molar-refractivity contribution in [2.75, 3.05) is 32.7 Å². The fraction of sp³-hybridized carbons (Fsp3) is 0.615. The number of ether oxygens (including phenoxy) is 1. The smallest absolute Gasteiger partial charge is 0.278 e. The van der Waals surface area contributed by atoms with E-state index < -0.39 is 0 Å². The third-order valence-electron chi connectivity index (χ3n) is 6.93. The van der Waals surface area contributed by atoms with Gasteiger partial charge < -0.3 is 14.5 Å². The van der Waals surface area contributed by atoms with E-state index in [0.717, 1.165) is 69.7 Å². The standard InChI is InChI=1S/C26H37N3O3/c1-4-27-15-17-28(18-16-27)24-23(20-11-13-22(14-12-20)32-19(2)3)25(30)29(26(24)31)21-9-7-5-6-8-10-21/h11-14,19,21H,4-10,15-18H2,1-3H3. The largest absolute Gasteiger partial charge is 0.491 e. The molecule has 0 unspecified atom stereocenters. The Morgan fingerprint density at radius 2 is 1.53 bits per heavy atom. The number of carbonyl (C=O) groups is 2. The summed E-state index contributed by atoms with van der Waals surface area (Å²) in [4.78, 5) is 33.6. The molecular weight excluding hydrogens is 402 g/mol. The molecule has 1 aliphatic carbocycles. The summed E-state index contributed by atoms with van der Waals surface area (Å²) < 4.78 is 5.78. The van der Waals surface area contributed by atoms with Gasteiger partial charge in [0.1, 0.15) is 11.4 Å². The lowest BCUT2D eigenvalue weighted by molar-refractivity contribution is -0.140. The summed E-state index contributed by atoms with van der Waals surface area (Å²) in [6.07, 6.45) is 6.48. The fourth-order valence-corrected chi connectivity index (χ4v) is 5.20. The zero-order chi connectivity index (χ0) is 22.7. The topological polar surface area (TPSA) is 53.1 Å². The summed E-state index contributed by atoms with van der Waals surface area (Å²) in [6, 6.07) is 7.68. The maximum absolute atomic E-state index is 13.7. The fourth-order valence-electron chi connectivity index (χ4n) is 5.20. The van der Waals surface area contributed by atoms with Crippen molar-refractivity contribution >= 4 is 17.4 Å². The maximum Gasteiger partial charge on any atom is 0.278 e. The Hall–Kier alpha value is -2.34. The highest BCUT2D eigenvalue weighted by Crippen LogP contribution is 2.36. The van der Waals surface area contributed by atoms with Crippen LogP contribution in [0, 0.1) is 0 Å². The third kappa shape index (κ3) is 4.70. The molecule has 0 aromatic heterocycles. The average molecular weight is 440 g/mol. The van der Waals surface area contributed by atoms with E-state index in [0.29, 0.717) is 11.3 Å². The summed E-state index contributed by atoms with van der Waals surface area (Å²) in [5, 5.41) is 0. The van der Waals surface area contributed by atoms with Gasteiger partial charge in [-0.2, -0.15) is 0 Å². The van der Waals surface area contributed by atoms with Crippen molar-refractivity contribution < 1.29 is 14.3 Å². The van der Waals surface area contributed by atoms with Crippen LogP contribution in [0.2, 0.25) is 0 Å². The Morgan fingerprint density at radius 1 is 0.906 bits per heavy atom. The lowest BCUT2D eigenvalue weighted by Crippen LogP contribution is -2.48. The average Bonchev–Trinajstić information content (AvgIpc) is 2.94. The Morgan fingerprint density at radius 3 is 2.09 bits per heavy atom. The summed E-state index contributed by atoms with van der Waals surface area (Å²) in [7, 11) is 0. The number of nitrogens with zero attached hydrogens (tertiary/aromatic N) is 3. The van der Waals surface area contributed by atoms with E-state index in [1.807, 2.05) is 38.1 Å². The number of amides is 2. The second-order valence-corrected chi connectivity index (χ2v) is 9.46. The van der Waals surface area contributed by atoms with Crippen LogP contribution in [0.1, 0.15) is 64.9 Å². The van der Waals surface area contributed by atoms with Crippen LogP contribution in [0.3, 0.4) is 0 Å². The Labute approximate surface area is 192 Å². The van der Waals surface area contributed by atoms with Crippen molar-refractivity contribution in [3.05, 3.63) is 35.5 Å². The number of benzene rings is 1. The predicted octanol–water partition coefficient (Wildman–Crippen LogP) is 3.91. The molecule has 0 radical (unpaired) electrons. The first-order chi connectivity index (χ1) is 15.5. The monoisotopic (exact) mass is 439 g/mol. The van der Waals surface area contributed by atoms with Crippen molar-refractivity contribution in [1.82, 2.24) is 14.7 Å². The van der Waals surface area contributed by atoms with E-state index in [1.165, 1.54) is 12.8 Å². The van der Waals surface area contributed by atoms with Crippen molar-refractivity contribution in [1.29, 1.82) is 0 Å².